The fourth-order valence-electron chi connectivity index (χ4n) is 4.10. The minimum atomic E-state index is -2.58. The molecule has 0 radical (unpaired) electrons. The van der Waals surface area contributed by atoms with Gasteiger partial charge in [-0.3, -0.25) is 4.79 Å². The SMILES string of the molecule is O=C(O)C1CC2(C1)C(C1CCCC1)C2(F)F. The van der Waals surface area contributed by atoms with Crippen molar-refractivity contribution in [1.82, 2.24) is 0 Å². The smallest absolute Gasteiger partial charge is 0.306 e. The normalized spacial score (nSPS) is 45.6. The average Bonchev–Trinajstić information content (AvgIpc) is 2.50. The van der Waals surface area contributed by atoms with E-state index in [1.807, 2.05) is 0 Å². The lowest BCUT2D eigenvalue weighted by molar-refractivity contribution is -0.149. The zero-order valence-corrected chi connectivity index (χ0v) is 9.09. The highest BCUT2D eigenvalue weighted by molar-refractivity contribution is 5.72. The molecule has 4 heteroatoms. The Morgan fingerprint density at radius 3 is 2.25 bits per heavy atom. The first-order chi connectivity index (χ1) is 7.49. The molecule has 0 aromatic heterocycles. The van der Waals surface area contributed by atoms with Gasteiger partial charge in [0.2, 0.25) is 0 Å². The number of rotatable bonds is 2. The molecule has 0 aliphatic heterocycles. The van der Waals surface area contributed by atoms with Crippen LogP contribution in [0.15, 0.2) is 0 Å². The molecule has 0 aromatic rings. The molecule has 3 aliphatic carbocycles. The number of carbonyl (C=O) groups is 1. The van der Waals surface area contributed by atoms with Crippen LogP contribution in [0.25, 0.3) is 0 Å². The van der Waals surface area contributed by atoms with E-state index in [4.69, 9.17) is 5.11 Å². The maximum Gasteiger partial charge on any atom is 0.306 e. The van der Waals surface area contributed by atoms with Gasteiger partial charge in [0.05, 0.1) is 5.92 Å². The first kappa shape index (κ1) is 10.5. The number of carboxylic acid groups (broad SMARTS) is 1. The third-order valence-corrected chi connectivity index (χ3v) is 5.01. The van der Waals surface area contributed by atoms with Crippen LogP contribution in [-0.4, -0.2) is 17.0 Å². The van der Waals surface area contributed by atoms with Crippen molar-refractivity contribution >= 4 is 5.97 Å². The van der Waals surface area contributed by atoms with Crippen LogP contribution >= 0.6 is 0 Å². The minimum absolute atomic E-state index is 0.157. The Morgan fingerprint density at radius 2 is 1.75 bits per heavy atom. The molecule has 1 atom stereocenters. The van der Waals surface area contributed by atoms with Gasteiger partial charge < -0.3 is 5.11 Å². The summed E-state index contributed by atoms with van der Waals surface area (Å²) in [7, 11) is 0. The molecule has 16 heavy (non-hydrogen) atoms. The van der Waals surface area contributed by atoms with Crippen molar-refractivity contribution in [3.05, 3.63) is 0 Å². The number of hydrogen-bond acceptors (Lipinski definition) is 1. The van der Waals surface area contributed by atoms with Gasteiger partial charge in [-0.1, -0.05) is 12.8 Å². The quantitative estimate of drug-likeness (QED) is 0.792. The highest BCUT2D eigenvalue weighted by atomic mass is 19.3. The Balaban J connectivity index is 1.71. The molecule has 1 spiro atoms. The van der Waals surface area contributed by atoms with Crippen molar-refractivity contribution in [1.29, 1.82) is 0 Å². The molecule has 2 nitrogen and oxygen atoms in total. The number of alkyl halides is 2. The van der Waals surface area contributed by atoms with E-state index < -0.39 is 29.1 Å². The number of aliphatic carboxylic acids is 1. The summed E-state index contributed by atoms with van der Waals surface area (Å²) in [6, 6.07) is 0. The lowest BCUT2D eigenvalue weighted by atomic mass is 9.68. The predicted octanol–water partition coefficient (Wildman–Crippen LogP) is 2.92. The molecule has 0 bridgehead atoms. The maximum atomic E-state index is 13.8. The number of hydrogen-bond donors (Lipinski definition) is 1. The van der Waals surface area contributed by atoms with Gasteiger partial charge in [-0.2, -0.15) is 0 Å². The zero-order valence-electron chi connectivity index (χ0n) is 9.09. The van der Waals surface area contributed by atoms with Gasteiger partial charge in [-0.15, -0.1) is 0 Å². The standard InChI is InChI=1S/C12H16F2O2/c13-12(14)9(7-3-1-2-4-7)11(12)5-8(6-11)10(15)16/h7-9H,1-6H2,(H,15,16). The van der Waals surface area contributed by atoms with Crippen molar-refractivity contribution in [2.45, 2.75) is 44.4 Å². The third kappa shape index (κ3) is 1.08. The van der Waals surface area contributed by atoms with Gasteiger partial charge >= 0.3 is 5.97 Å². The second-order valence-electron chi connectivity index (χ2n) is 5.74. The topological polar surface area (TPSA) is 37.3 Å². The second-order valence-corrected chi connectivity index (χ2v) is 5.74. The van der Waals surface area contributed by atoms with Crippen molar-refractivity contribution in [3.63, 3.8) is 0 Å². The summed E-state index contributed by atoms with van der Waals surface area (Å²) in [5, 5.41) is 8.77. The summed E-state index contributed by atoms with van der Waals surface area (Å²) in [6.45, 7) is 0. The average molecular weight is 230 g/mol. The van der Waals surface area contributed by atoms with Crippen molar-refractivity contribution < 1.29 is 18.7 Å². The Kier molecular flexibility index (Phi) is 1.94. The third-order valence-electron chi connectivity index (χ3n) is 5.01. The van der Waals surface area contributed by atoms with E-state index in [1.54, 1.807) is 0 Å². The summed E-state index contributed by atoms with van der Waals surface area (Å²) < 4.78 is 27.6. The zero-order chi connectivity index (χ0) is 11.6. The summed E-state index contributed by atoms with van der Waals surface area (Å²) in [4.78, 5) is 10.7. The van der Waals surface area contributed by atoms with Crippen LogP contribution in [0.1, 0.15) is 38.5 Å². The summed E-state index contributed by atoms with van der Waals surface area (Å²) in [5.41, 5.74) is -0.912. The fourth-order valence-corrected chi connectivity index (χ4v) is 4.10. The molecule has 1 unspecified atom stereocenters. The molecule has 0 saturated heterocycles. The van der Waals surface area contributed by atoms with E-state index in [0.29, 0.717) is 0 Å². The van der Waals surface area contributed by atoms with Crippen LogP contribution in [0.3, 0.4) is 0 Å². The van der Waals surface area contributed by atoms with Gasteiger partial charge in [-0.25, -0.2) is 8.78 Å². The first-order valence-electron chi connectivity index (χ1n) is 6.10. The van der Waals surface area contributed by atoms with Gasteiger partial charge in [0.15, 0.2) is 0 Å². The number of halogens is 2. The van der Waals surface area contributed by atoms with Crippen LogP contribution in [0.2, 0.25) is 0 Å². The molecular formula is C12H16F2O2. The molecule has 1 N–H and O–H groups in total. The molecule has 0 aromatic carbocycles. The Labute approximate surface area is 93.0 Å². The van der Waals surface area contributed by atoms with Crippen molar-refractivity contribution in [2.24, 2.45) is 23.2 Å². The van der Waals surface area contributed by atoms with E-state index in [2.05, 4.69) is 0 Å². The predicted molar refractivity (Wildman–Crippen MR) is 53.2 cm³/mol. The van der Waals surface area contributed by atoms with Crippen molar-refractivity contribution in [2.75, 3.05) is 0 Å². The van der Waals surface area contributed by atoms with E-state index in [9.17, 15) is 13.6 Å². The minimum Gasteiger partial charge on any atom is -0.481 e. The highest BCUT2D eigenvalue weighted by Gasteiger charge is 2.85. The van der Waals surface area contributed by atoms with Crippen LogP contribution in [0.4, 0.5) is 8.78 Å². The van der Waals surface area contributed by atoms with Crippen LogP contribution < -0.4 is 0 Å². The second kappa shape index (κ2) is 2.96. The summed E-state index contributed by atoms with van der Waals surface area (Å²) in [5.74, 6) is -4.34. The maximum absolute atomic E-state index is 13.8. The Morgan fingerprint density at radius 1 is 1.19 bits per heavy atom. The molecule has 3 fully saturated rings. The Hall–Kier alpha value is -0.670. The van der Waals surface area contributed by atoms with Gasteiger partial charge in [-0.05, 0) is 31.6 Å². The summed E-state index contributed by atoms with van der Waals surface area (Å²) >= 11 is 0. The molecule has 0 amide bonds. The molecule has 90 valence electrons. The van der Waals surface area contributed by atoms with Gasteiger partial charge in [0.25, 0.3) is 5.92 Å². The van der Waals surface area contributed by atoms with Crippen LogP contribution in [0, 0.1) is 23.2 Å². The molecule has 0 heterocycles. The monoisotopic (exact) mass is 230 g/mol. The van der Waals surface area contributed by atoms with Gasteiger partial charge in [0.1, 0.15) is 0 Å². The highest BCUT2D eigenvalue weighted by Crippen LogP contribution is 2.79. The molecule has 3 saturated carbocycles. The molecule has 3 aliphatic rings. The fraction of sp³-hybridized carbons (Fsp3) is 0.917. The van der Waals surface area contributed by atoms with E-state index in [1.165, 1.54) is 0 Å². The lowest BCUT2D eigenvalue weighted by Gasteiger charge is -2.34. The largest absolute Gasteiger partial charge is 0.481 e. The first-order valence-corrected chi connectivity index (χ1v) is 6.10. The van der Waals surface area contributed by atoms with Crippen molar-refractivity contribution in [3.8, 4) is 0 Å². The summed E-state index contributed by atoms with van der Waals surface area (Å²) in [6.07, 6.45) is 4.37. The van der Waals surface area contributed by atoms with Crippen LogP contribution in [0.5, 0.6) is 0 Å². The number of carboxylic acids is 1. The van der Waals surface area contributed by atoms with E-state index in [-0.39, 0.29) is 18.8 Å². The van der Waals surface area contributed by atoms with Crippen LogP contribution in [-0.2, 0) is 4.79 Å². The lowest BCUT2D eigenvalue weighted by Crippen LogP contribution is -2.36. The molecular weight excluding hydrogens is 214 g/mol. The van der Waals surface area contributed by atoms with Gasteiger partial charge in [0, 0.05) is 11.3 Å². The Bertz CT molecular complexity index is 328. The van der Waals surface area contributed by atoms with E-state index in [0.717, 1.165) is 25.7 Å². The molecule has 3 rings (SSSR count). The van der Waals surface area contributed by atoms with E-state index >= 15 is 0 Å².